The molecule has 1 aromatic carbocycles. The number of hydrogen-bond donors (Lipinski definition) is 1. The smallest absolute Gasteiger partial charge is 0.307 e. The monoisotopic (exact) mass is 246 g/mol. The third kappa shape index (κ3) is 3.59. The average Bonchev–Trinajstić information content (AvgIpc) is 2.35. The molecule has 0 spiro atoms. The van der Waals surface area contributed by atoms with Crippen LogP contribution in [0.2, 0.25) is 0 Å². The fourth-order valence-corrected chi connectivity index (χ4v) is 1.57. The third-order valence-electron chi connectivity index (χ3n) is 2.50. The van der Waals surface area contributed by atoms with Gasteiger partial charge in [-0.05, 0) is 11.6 Å². The van der Waals surface area contributed by atoms with Crippen LogP contribution in [0.25, 0.3) is 0 Å². The van der Waals surface area contributed by atoms with Crippen molar-refractivity contribution in [3.63, 3.8) is 0 Å². The molecule has 0 bridgehead atoms. The normalized spacial score (nSPS) is 9.56. The molecule has 0 aliphatic carbocycles. The van der Waals surface area contributed by atoms with Crippen molar-refractivity contribution in [3.8, 4) is 6.07 Å². The first-order chi connectivity index (χ1) is 8.56. The number of amides is 1. The number of carbonyl (C=O) groups is 2. The van der Waals surface area contributed by atoms with Crippen LogP contribution in [-0.2, 0) is 11.2 Å². The SMILES string of the molecule is CN(CCC#N)C(=O)c1ccccc1CC(=O)O. The number of carbonyl (C=O) groups excluding carboxylic acids is 1. The molecular formula is C13H14N2O3. The van der Waals surface area contributed by atoms with Gasteiger partial charge in [0.25, 0.3) is 5.91 Å². The standard InChI is InChI=1S/C13H14N2O3/c1-15(8-4-7-14)13(18)11-6-3-2-5-10(11)9-12(16)17/h2-3,5-6H,4,8-9H2,1H3,(H,16,17). The Morgan fingerprint density at radius 2 is 2.06 bits per heavy atom. The van der Waals surface area contributed by atoms with Gasteiger partial charge >= 0.3 is 5.97 Å². The van der Waals surface area contributed by atoms with Crippen LogP contribution >= 0.6 is 0 Å². The Morgan fingerprint density at radius 1 is 1.39 bits per heavy atom. The molecular weight excluding hydrogens is 232 g/mol. The van der Waals surface area contributed by atoms with Crippen molar-refractivity contribution in [2.45, 2.75) is 12.8 Å². The first-order valence-corrected chi connectivity index (χ1v) is 5.48. The van der Waals surface area contributed by atoms with Crippen LogP contribution < -0.4 is 0 Å². The van der Waals surface area contributed by atoms with Crippen molar-refractivity contribution < 1.29 is 14.7 Å². The van der Waals surface area contributed by atoms with Gasteiger partial charge in [-0.3, -0.25) is 9.59 Å². The van der Waals surface area contributed by atoms with E-state index in [1.807, 2.05) is 6.07 Å². The van der Waals surface area contributed by atoms with Gasteiger partial charge in [0, 0.05) is 19.2 Å². The number of benzene rings is 1. The maximum absolute atomic E-state index is 12.1. The molecule has 1 amide bonds. The lowest BCUT2D eigenvalue weighted by atomic mass is 10.0. The number of carboxylic acid groups (broad SMARTS) is 1. The van der Waals surface area contributed by atoms with E-state index in [0.29, 0.717) is 17.7 Å². The van der Waals surface area contributed by atoms with Gasteiger partial charge in [0.2, 0.25) is 0 Å². The highest BCUT2D eigenvalue weighted by Gasteiger charge is 2.16. The zero-order chi connectivity index (χ0) is 13.5. The molecule has 5 nitrogen and oxygen atoms in total. The van der Waals surface area contributed by atoms with E-state index in [-0.39, 0.29) is 18.7 Å². The van der Waals surface area contributed by atoms with Gasteiger partial charge in [-0.25, -0.2) is 0 Å². The summed E-state index contributed by atoms with van der Waals surface area (Å²) < 4.78 is 0. The summed E-state index contributed by atoms with van der Waals surface area (Å²) in [5.41, 5.74) is 0.860. The maximum atomic E-state index is 12.1. The van der Waals surface area contributed by atoms with Crippen LogP contribution in [-0.4, -0.2) is 35.5 Å². The quantitative estimate of drug-likeness (QED) is 0.849. The summed E-state index contributed by atoms with van der Waals surface area (Å²) in [6.45, 7) is 0.330. The Labute approximate surface area is 105 Å². The molecule has 94 valence electrons. The second-order valence-corrected chi connectivity index (χ2v) is 3.86. The van der Waals surface area contributed by atoms with E-state index in [2.05, 4.69) is 0 Å². The highest BCUT2D eigenvalue weighted by Crippen LogP contribution is 2.12. The van der Waals surface area contributed by atoms with Crippen molar-refractivity contribution in [1.82, 2.24) is 4.90 Å². The van der Waals surface area contributed by atoms with Crippen LogP contribution in [0.15, 0.2) is 24.3 Å². The van der Waals surface area contributed by atoms with Gasteiger partial charge in [0.1, 0.15) is 0 Å². The molecule has 0 saturated carbocycles. The zero-order valence-electron chi connectivity index (χ0n) is 10.1. The highest BCUT2D eigenvalue weighted by atomic mass is 16.4. The summed E-state index contributed by atoms with van der Waals surface area (Å²) in [5.74, 6) is -1.24. The Bertz CT molecular complexity index is 491. The largest absolute Gasteiger partial charge is 0.481 e. The van der Waals surface area contributed by atoms with Gasteiger partial charge in [-0.15, -0.1) is 0 Å². The van der Waals surface area contributed by atoms with Gasteiger partial charge < -0.3 is 10.0 Å². The molecule has 1 aromatic rings. The minimum Gasteiger partial charge on any atom is -0.481 e. The van der Waals surface area contributed by atoms with E-state index in [0.717, 1.165) is 0 Å². The summed E-state index contributed by atoms with van der Waals surface area (Å²) in [7, 11) is 1.59. The topological polar surface area (TPSA) is 81.4 Å². The molecule has 0 aliphatic rings. The minimum atomic E-state index is -0.977. The third-order valence-corrected chi connectivity index (χ3v) is 2.50. The Hall–Kier alpha value is -2.35. The highest BCUT2D eigenvalue weighted by molar-refractivity contribution is 5.96. The lowest BCUT2D eigenvalue weighted by molar-refractivity contribution is -0.136. The summed E-state index contributed by atoms with van der Waals surface area (Å²) in [5, 5.41) is 17.3. The second kappa shape index (κ2) is 6.40. The fraction of sp³-hybridized carbons (Fsp3) is 0.308. The van der Waals surface area contributed by atoms with Gasteiger partial charge in [-0.1, -0.05) is 18.2 Å². The summed E-state index contributed by atoms with van der Waals surface area (Å²) in [6, 6.07) is 8.58. The van der Waals surface area contributed by atoms with Crippen molar-refractivity contribution in [2.75, 3.05) is 13.6 Å². The van der Waals surface area contributed by atoms with Crippen LogP contribution in [0.3, 0.4) is 0 Å². The van der Waals surface area contributed by atoms with Gasteiger partial charge in [-0.2, -0.15) is 5.26 Å². The predicted molar refractivity (Wildman–Crippen MR) is 65.0 cm³/mol. The van der Waals surface area contributed by atoms with E-state index in [1.165, 1.54) is 4.90 Å². The molecule has 0 heterocycles. The molecule has 0 atom stereocenters. The Balaban J connectivity index is 2.91. The van der Waals surface area contributed by atoms with Crippen LogP contribution in [0.4, 0.5) is 0 Å². The fourth-order valence-electron chi connectivity index (χ4n) is 1.57. The van der Waals surface area contributed by atoms with E-state index in [1.54, 1.807) is 31.3 Å². The van der Waals surface area contributed by atoms with Crippen molar-refractivity contribution in [2.24, 2.45) is 0 Å². The first kappa shape index (κ1) is 13.7. The molecule has 0 fully saturated rings. The minimum absolute atomic E-state index is 0.187. The number of rotatable bonds is 5. The predicted octanol–water partition coefficient (Wildman–Crippen LogP) is 1.30. The first-order valence-electron chi connectivity index (χ1n) is 5.48. The van der Waals surface area contributed by atoms with Crippen LogP contribution in [0.5, 0.6) is 0 Å². The van der Waals surface area contributed by atoms with Gasteiger partial charge in [0.05, 0.1) is 18.9 Å². The van der Waals surface area contributed by atoms with Crippen molar-refractivity contribution >= 4 is 11.9 Å². The van der Waals surface area contributed by atoms with Crippen LogP contribution in [0, 0.1) is 11.3 Å². The number of carboxylic acids is 1. The number of aliphatic carboxylic acids is 1. The maximum Gasteiger partial charge on any atom is 0.307 e. The molecule has 18 heavy (non-hydrogen) atoms. The summed E-state index contributed by atoms with van der Waals surface area (Å²) >= 11 is 0. The van der Waals surface area contributed by atoms with E-state index in [9.17, 15) is 9.59 Å². The number of hydrogen-bond acceptors (Lipinski definition) is 3. The average molecular weight is 246 g/mol. The molecule has 0 aromatic heterocycles. The lowest BCUT2D eigenvalue weighted by Gasteiger charge is -2.17. The second-order valence-electron chi connectivity index (χ2n) is 3.86. The molecule has 0 radical (unpaired) electrons. The van der Waals surface area contributed by atoms with Crippen LogP contribution in [0.1, 0.15) is 22.3 Å². The lowest BCUT2D eigenvalue weighted by Crippen LogP contribution is -2.28. The Morgan fingerprint density at radius 3 is 2.67 bits per heavy atom. The summed E-state index contributed by atoms with van der Waals surface area (Å²) in [6.07, 6.45) is 0.0668. The Kier molecular flexibility index (Phi) is 4.88. The van der Waals surface area contributed by atoms with Crippen molar-refractivity contribution in [3.05, 3.63) is 35.4 Å². The van der Waals surface area contributed by atoms with Crippen molar-refractivity contribution in [1.29, 1.82) is 5.26 Å². The summed E-state index contributed by atoms with van der Waals surface area (Å²) in [4.78, 5) is 24.2. The van der Waals surface area contributed by atoms with Gasteiger partial charge in [0.15, 0.2) is 0 Å². The number of nitriles is 1. The number of nitrogens with zero attached hydrogens (tertiary/aromatic N) is 2. The molecule has 0 saturated heterocycles. The molecule has 1 N–H and O–H groups in total. The molecule has 5 heteroatoms. The molecule has 0 aliphatic heterocycles. The zero-order valence-corrected chi connectivity index (χ0v) is 10.1. The molecule has 0 unspecified atom stereocenters. The van der Waals surface area contributed by atoms with E-state index >= 15 is 0 Å². The van der Waals surface area contributed by atoms with E-state index in [4.69, 9.17) is 10.4 Å². The van der Waals surface area contributed by atoms with E-state index < -0.39 is 5.97 Å². The molecule has 1 rings (SSSR count).